The quantitative estimate of drug-likeness (QED) is 0.783. The molecule has 0 aliphatic carbocycles. The third-order valence-corrected chi connectivity index (χ3v) is 4.02. The van der Waals surface area contributed by atoms with Gasteiger partial charge in [0.2, 0.25) is 0 Å². The molecule has 1 unspecified atom stereocenters. The predicted octanol–water partition coefficient (Wildman–Crippen LogP) is 3.66. The molecular weight excluding hydrogens is 257 g/mol. The molecule has 0 bridgehead atoms. The number of benzene rings is 1. The Balaban J connectivity index is 2.06. The third-order valence-electron chi connectivity index (χ3n) is 3.28. The van der Waals surface area contributed by atoms with E-state index in [0.29, 0.717) is 28.2 Å². The van der Waals surface area contributed by atoms with E-state index in [1.165, 1.54) is 12.8 Å². The minimum Gasteiger partial charge on any atom is -0.293 e. The van der Waals surface area contributed by atoms with E-state index in [2.05, 4.69) is 11.8 Å². The fourth-order valence-corrected chi connectivity index (χ4v) is 2.47. The average molecular weight is 272 g/mol. The van der Waals surface area contributed by atoms with Crippen LogP contribution in [0, 0.1) is 0 Å². The van der Waals surface area contributed by atoms with Gasteiger partial charge in [-0.3, -0.25) is 9.69 Å². The van der Waals surface area contributed by atoms with Crippen LogP contribution in [0.25, 0.3) is 0 Å². The molecule has 1 heterocycles. The van der Waals surface area contributed by atoms with Crippen LogP contribution in [0.2, 0.25) is 10.0 Å². The Kier molecular flexibility index (Phi) is 4.08. The van der Waals surface area contributed by atoms with Gasteiger partial charge in [-0.2, -0.15) is 0 Å². The molecule has 0 saturated carbocycles. The van der Waals surface area contributed by atoms with Crippen molar-refractivity contribution < 1.29 is 4.79 Å². The Hall–Kier alpha value is -0.570. The SMILES string of the molecule is CC1CCCN1CC(=O)c1ccc(Cl)c(Cl)c1. The summed E-state index contributed by atoms with van der Waals surface area (Å²) in [6.07, 6.45) is 2.35. The van der Waals surface area contributed by atoms with Gasteiger partial charge in [0, 0.05) is 11.6 Å². The van der Waals surface area contributed by atoms with Crippen LogP contribution in [0.1, 0.15) is 30.1 Å². The van der Waals surface area contributed by atoms with Crippen LogP contribution in [0.5, 0.6) is 0 Å². The molecule has 1 aliphatic heterocycles. The molecule has 1 fully saturated rings. The van der Waals surface area contributed by atoms with E-state index in [1.54, 1.807) is 18.2 Å². The zero-order chi connectivity index (χ0) is 12.4. The highest BCUT2D eigenvalue weighted by Crippen LogP contribution is 2.23. The number of ketones is 1. The highest BCUT2D eigenvalue weighted by molar-refractivity contribution is 6.42. The Labute approximate surface area is 112 Å². The minimum atomic E-state index is 0.109. The predicted molar refractivity (Wildman–Crippen MR) is 71.1 cm³/mol. The van der Waals surface area contributed by atoms with Gasteiger partial charge < -0.3 is 0 Å². The van der Waals surface area contributed by atoms with E-state index >= 15 is 0 Å². The van der Waals surface area contributed by atoms with Crippen LogP contribution >= 0.6 is 23.2 Å². The lowest BCUT2D eigenvalue weighted by molar-refractivity contribution is 0.0926. The van der Waals surface area contributed by atoms with Crippen LogP contribution in [-0.4, -0.2) is 29.8 Å². The highest BCUT2D eigenvalue weighted by atomic mass is 35.5. The fraction of sp³-hybridized carbons (Fsp3) is 0.462. The number of carbonyl (C=O) groups is 1. The zero-order valence-electron chi connectivity index (χ0n) is 9.75. The van der Waals surface area contributed by atoms with Crippen molar-refractivity contribution in [1.82, 2.24) is 4.90 Å². The van der Waals surface area contributed by atoms with Crippen molar-refractivity contribution in [2.45, 2.75) is 25.8 Å². The summed E-state index contributed by atoms with van der Waals surface area (Å²) in [7, 11) is 0. The summed E-state index contributed by atoms with van der Waals surface area (Å²) < 4.78 is 0. The number of Topliss-reactive ketones (excluding diaryl/α,β-unsaturated/α-hetero) is 1. The van der Waals surface area contributed by atoms with Crippen LogP contribution in [-0.2, 0) is 0 Å². The van der Waals surface area contributed by atoms with E-state index in [-0.39, 0.29) is 5.78 Å². The normalized spacial score (nSPS) is 20.8. The lowest BCUT2D eigenvalue weighted by Gasteiger charge is -2.19. The lowest BCUT2D eigenvalue weighted by Crippen LogP contribution is -2.32. The second-order valence-electron chi connectivity index (χ2n) is 4.51. The van der Waals surface area contributed by atoms with Crippen molar-refractivity contribution in [3.05, 3.63) is 33.8 Å². The molecule has 1 atom stereocenters. The second-order valence-corrected chi connectivity index (χ2v) is 5.33. The molecule has 92 valence electrons. The molecule has 0 aromatic heterocycles. The van der Waals surface area contributed by atoms with Crippen molar-refractivity contribution in [2.24, 2.45) is 0 Å². The maximum atomic E-state index is 12.1. The Morgan fingerprint density at radius 3 is 2.76 bits per heavy atom. The van der Waals surface area contributed by atoms with Gasteiger partial charge in [-0.15, -0.1) is 0 Å². The Bertz CT molecular complexity index is 433. The maximum Gasteiger partial charge on any atom is 0.176 e. The molecule has 0 spiro atoms. The summed E-state index contributed by atoms with van der Waals surface area (Å²) in [5.74, 6) is 0.109. The molecule has 1 saturated heterocycles. The lowest BCUT2D eigenvalue weighted by atomic mass is 10.1. The number of rotatable bonds is 3. The van der Waals surface area contributed by atoms with Crippen LogP contribution in [0.3, 0.4) is 0 Å². The molecule has 1 aromatic rings. The van der Waals surface area contributed by atoms with E-state index in [9.17, 15) is 4.79 Å². The van der Waals surface area contributed by atoms with Gasteiger partial charge in [-0.25, -0.2) is 0 Å². The number of hydrogen-bond acceptors (Lipinski definition) is 2. The number of likely N-dealkylation sites (tertiary alicyclic amines) is 1. The summed E-state index contributed by atoms with van der Waals surface area (Å²) >= 11 is 11.7. The molecule has 0 amide bonds. The summed E-state index contributed by atoms with van der Waals surface area (Å²) in [6, 6.07) is 5.55. The molecule has 0 radical (unpaired) electrons. The first kappa shape index (κ1) is 12.9. The number of nitrogens with zero attached hydrogens (tertiary/aromatic N) is 1. The molecule has 2 rings (SSSR count). The van der Waals surface area contributed by atoms with Gasteiger partial charge in [-0.05, 0) is 44.5 Å². The van der Waals surface area contributed by atoms with E-state index < -0.39 is 0 Å². The smallest absolute Gasteiger partial charge is 0.176 e. The molecule has 4 heteroatoms. The van der Waals surface area contributed by atoms with Gasteiger partial charge in [-0.1, -0.05) is 23.2 Å². The molecule has 0 N–H and O–H groups in total. The Morgan fingerprint density at radius 2 is 2.18 bits per heavy atom. The summed E-state index contributed by atoms with van der Waals surface area (Å²) in [6.45, 7) is 3.64. The van der Waals surface area contributed by atoms with Crippen molar-refractivity contribution in [1.29, 1.82) is 0 Å². The first-order valence-electron chi connectivity index (χ1n) is 5.80. The van der Waals surface area contributed by atoms with E-state index in [4.69, 9.17) is 23.2 Å². The maximum absolute atomic E-state index is 12.1. The van der Waals surface area contributed by atoms with E-state index in [0.717, 1.165) is 6.54 Å². The van der Waals surface area contributed by atoms with Gasteiger partial charge in [0.05, 0.1) is 16.6 Å². The fourth-order valence-electron chi connectivity index (χ4n) is 2.17. The van der Waals surface area contributed by atoms with Gasteiger partial charge in [0.1, 0.15) is 0 Å². The van der Waals surface area contributed by atoms with E-state index in [1.807, 2.05) is 0 Å². The van der Waals surface area contributed by atoms with Crippen LogP contribution in [0.15, 0.2) is 18.2 Å². The molecule has 17 heavy (non-hydrogen) atoms. The van der Waals surface area contributed by atoms with Crippen LogP contribution in [0.4, 0.5) is 0 Å². The van der Waals surface area contributed by atoms with Crippen molar-refractivity contribution in [3.63, 3.8) is 0 Å². The third kappa shape index (κ3) is 3.01. The topological polar surface area (TPSA) is 20.3 Å². The summed E-state index contributed by atoms with van der Waals surface area (Å²) in [5, 5.41) is 0.921. The molecule has 1 aliphatic rings. The first-order valence-corrected chi connectivity index (χ1v) is 6.56. The largest absolute Gasteiger partial charge is 0.293 e. The second kappa shape index (κ2) is 5.38. The number of halogens is 2. The van der Waals surface area contributed by atoms with Gasteiger partial charge >= 0.3 is 0 Å². The monoisotopic (exact) mass is 271 g/mol. The standard InChI is InChI=1S/C13H15Cl2NO/c1-9-3-2-6-16(9)8-13(17)10-4-5-11(14)12(15)7-10/h4-5,7,9H,2-3,6,8H2,1H3. The molecule has 2 nitrogen and oxygen atoms in total. The average Bonchev–Trinajstić information content (AvgIpc) is 2.68. The first-order chi connectivity index (χ1) is 8.08. The van der Waals surface area contributed by atoms with Crippen molar-refractivity contribution in [3.8, 4) is 0 Å². The van der Waals surface area contributed by atoms with Gasteiger partial charge in [0.15, 0.2) is 5.78 Å². The van der Waals surface area contributed by atoms with Gasteiger partial charge in [0.25, 0.3) is 0 Å². The number of carbonyl (C=O) groups excluding carboxylic acids is 1. The van der Waals surface area contributed by atoms with Crippen LogP contribution < -0.4 is 0 Å². The van der Waals surface area contributed by atoms with Crippen molar-refractivity contribution in [2.75, 3.05) is 13.1 Å². The summed E-state index contributed by atoms with van der Waals surface area (Å²) in [5.41, 5.74) is 0.638. The molecular formula is C13H15Cl2NO. The zero-order valence-corrected chi connectivity index (χ0v) is 11.3. The Morgan fingerprint density at radius 1 is 1.41 bits per heavy atom. The molecule has 1 aromatic carbocycles. The summed E-state index contributed by atoms with van der Waals surface area (Å²) in [4.78, 5) is 14.3. The van der Waals surface area contributed by atoms with Crippen molar-refractivity contribution >= 4 is 29.0 Å². The minimum absolute atomic E-state index is 0.109. The number of hydrogen-bond donors (Lipinski definition) is 0. The highest BCUT2D eigenvalue weighted by Gasteiger charge is 2.22.